The average molecular weight is 550 g/mol. The molecule has 5 rings (SSSR count). The van der Waals surface area contributed by atoms with Crippen LogP contribution in [-0.2, 0) is 5.41 Å². The summed E-state index contributed by atoms with van der Waals surface area (Å²) in [7, 11) is 1.88. The van der Waals surface area contributed by atoms with Crippen LogP contribution < -0.4 is 15.5 Å². The van der Waals surface area contributed by atoms with Crippen LogP contribution in [-0.4, -0.2) is 48.0 Å². The minimum Gasteiger partial charge on any atom is -0.371 e. The molecule has 2 N–H and O–H groups in total. The highest BCUT2D eigenvalue weighted by Gasteiger charge is 2.38. The summed E-state index contributed by atoms with van der Waals surface area (Å²) in [5.74, 6) is -0.565. The van der Waals surface area contributed by atoms with Crippen molar-refractivity contribution in [1.29, 1.82) is 0 Å². The van der Waals surface area contributed by atoms with E-state index in [1.165, 1.54) is 18.2 Å². The highest BCUT2D eigenvalue weighted by molar-refractivity contribution is 6.31. The zero-order chi connectivity index (χ0) is 27.7. The Hall–Kier alpha value is -3.65. The predicted octanol–water partition coefficient (Wildman–Crippen LogP) is 6.16. The van der Waals surface area contributed by atoms with Crippen LogP contribution in [0, 0.1) is 5.82 Å². The largest absolute Gasteiger partial charge is 0.371 e. The van der Waals surface area contributed by atoms with Gasteiger partial charge in [-0.25, -0.2) is 9.18 Å². The number of piperidine rings is 1. The van der Waals surface area contributed by atoms with E-state index < -0.39 is 11.8 Å². The van der Waals surface area contributed by atoms with Gasteiger partial charge in [0, 0.05) is 55.5 Å². The molecule has 3 amide bonds. The van der Waals surface area contributed by atoms with Gasteiger partial charge in [-0.3, -0.25) is 9.78 Å². The lowest BCUT2D eigenvalue weighted by molar-refractivity contribution is 0.0709. The molecule has 0 saturated carbocycles. The number of nitrogens with one attached hydrogen (secondary N) is 2. The fraction of sp³-hybridized carbons (Fsp3) is 0.367. The molecule has 1 aliphatic carbocycles. The zero-order valence-electron chi connectivity index (χ0n) is 22.4. The Labute approximate surface area is 233 Å². The highest BCUT2D eigenvalue weighted by atomic mass is 35.5. The zero-order valence-corrected chi connectivity index (χ0v) is 23.1. The number of hydrogen-bond acceptors (Lipinski definition) is 4. The quantitative estimate of drug-likeness (QED) is 0.399. The van der Waals surface area contributed by atoms with E-state index in [1.807, 2.05) is 42.3 Å². The highest BCUT2D eigenvalue weighted by Crippen LogP contribution is 2.45. The molecule has 1 aromatic heterocycles. The first kappa shape index (κ1) is 26.9. The topological polar surface area (TPSA) is 77.6 Å². The first-order valence-corrected chi connectivity index (χ1v) is 13.6. The van der Waals surface area contributed by atoms with E-state index in [4.69, 9.17) is 11.6 Å². The van der Waals surface area contributed by atoms with Crippen LogP contribution in [0.1, 0.15) is 60.6 Å². The Balaban J connectivity index is 1.27. The van der Waals surface area contributed by atoms with Crippen molar-refractivity contribution in [2.45, 2.75) is 50.6 Å². The summed E-state index contributed by atoms with van der Waals surface area (Å²) in [5.41, 5.74) is 4.06. The normalized spacial score (nSPS) is 18.4. The van der Waals surface area contributed by atoms with Gasteiger partial charge in [0.25, 0.3) is 5.91 Å². The van der Waals surface area contributed by atoms with Gasteiger partial charge in [0.2, 0.25) is 0 Å². The van der Waals surface area contributed by atoms with Crippen molar-refractivity contribution in [3.8, 4) is 0 Å². The number of amides is 3. The van der Waals surface area contributed by atoms with Gasteiger partial charge in [-0.2, -0.15) is 0 Å². The second-order valence-electron chi connectivity index (χ2n) is 11.0. The van der Waals surface area contributed by atoms with Crippen molar-refractivity contribution in [3.05, 3.63) is 88.5 Å². The molecular formula is C30H33ClFN5O2. The van der Waals surface area contributed by atoms with Crippen LogP contribution >= 0.6 is 11.6 Å². The molecule has 7 nitrogen and oxygen atoms in total. The Morgan fingerprint density at radius 3 is 2.49 bits per heavy atom. The second kappa shape index (κ2) is 10.8. The first-order chi connectivity index (χ1) is 18.6. The number of fused-ring (bicyclic) bond motifs is 1. The summed E-state index contributed by atoms with van der Waals surface area (Å²) in [6.45, 7) is 6.03. The van der Waals surface area contributed by atoms with E-state index in [2.05, 4.69) is 34.4 Å². The Bertz CT molecular complexity index is 1380. The summed E-state index contributed by atoms with van der Waals surface area (Å²) >= 11 is 5.85. The number of carbonyl (C=O) groups excluding carboxylic acids is 2. The number of urea groups is 1. The van der Waals surface area contributed by atoms with E-state index in [9.17, 15) is 14.0 Å². The number of aromatic nitrogens is 1. The maximum atomic E-state index is 13.5. The summed E-state index contributed by atoms with van der Waals surface area (Å²) < 4.78 is 13.5. The first-order valence-electron chi connectivity index (χ1n) is 13.2. The van der Waals surface area contributed by atoms with Crippen LogP contribution in [0.4, 0.5) is 20.6 Å². The average Bonchev–Trinajstić information content (AvgIpc) is 3.19. The molecule has 0 bridgehead atoms. The van der Waals surface area contributed by atoms with Crippen LogP contribution in [0.25, 0.3) is 0 Å². The predicted molar refractivity (Wildman–Crippen MR) is 152 cm³/mol. The van der Waals surface area contributed by atoms with Gasteiger partial charge in [-0.15, -0.1) is 0 Å². The van der Waals surface area contributed by atoms with Gasteiger partial charge >= 0.3 is 6.03 Å². The SMILES string of the molecule is CN(C(=O)c1ccc2c(c1)C(NC(=O)Nc1ccc(F)c(Cl)c1)CC2(C)C)C1CCN(c2ccncc2)CC1. The summed E-state index contributed by atoms with van der Waals surface area (Å²) in [5, 5.41) is 5.70. The van der Waals surface area contributed by atoms with Crippen LogP contribution in [0.15, 0.2) is 60.9 Å². The third kappa shape index (κ3) is 5.71. The lowest BCUT2D eigenvalue weighted by atomic mass is 9.86. The fourth-order valence-corrected chi connectivity index (χ4v) is 5.97. The molecular weight excluding hydrogens is 517 g/mol. The second-order valence-corrected chi connectivity index (χ2v) is 11.4. The number of hydrogen-bond donors (Lipinski definition) is 2. The van der Waals surface area contributed by atoms with Crippen molar-refractivity contribution < 1.29 is 14.0 Å². The molecule has 0 radical (unpaired) electrons. The Kier molecular flexibility index (Phi) is 7.49. The van der Waals surface area contributed by atoms with Gasteiger partial charge < -0.3 is 20.4 Å². The Morgan fingerprint density at radius 1 is 1.08 bits per heavy atom. The number of pyridine rings is 1. The maximum Gasteiger partial charge on any atom is 0.319 e. The van der Waals surface area contributed by atoms with Crippen molar-refractivity contribution >= 4 is 34.9 Å². The van der Waals surface area contributed by atoms with E-state index in [1.54, 1.807) is 12.4 Å². The number of anilines is 2. The Morgan fingerprint density at radius 2 is 1.79 bits per heavy atom. The summed E-state index contributed by atoms with van der Waals surface area (Å²) in [6, 6.07) is 13.4. The van der Waals surface area contributed by atoms with Crippen molar-refractivity contribution in [2.24, 2.45) is 0 Å². The van der Waals surface area contributed by atoms with E-state index >= 15 is 0 Å². The number of rotatable bonds is 5. The molecule has 1 aliphatic heterocycles. The molecule has 2 aliphatic rings. The van der Waals surface area contributed by atoms with Gasteiger partial charge in [-0.05, 0) is 78.3 Å². The number of halogens is 2. The molecule has 2 aromatic carbocycles. The molecule has 204 valence electrons. The molecule has 9 heteroatoms. The molecule has 1 saturated heterocycles. The summed E-state index contributed by atoms with van der Waals surface area (Å²) in [6.07, 6.45) is 6.08. The van der Waals surface area contributed by atoms with Gasteiger partial charge in [-0.1, -0.05) is 31.5 Å². The lowest BCUT2D eigenvalue weighted by Crippen LogP contribution is -2.45. The lowest BCUT2D eigenvalue weighted by Gasteiger charge is -2.38. The molecule has 3 aromatic rings. The van der Waals surface area contributed by atoms with Gasteiger partial charge in [0.05, 0.1) is 11.1 Å². The number of nitrogens with zero attached hydrogens (tertiary/aromatic N) is 3. The van der Waals surface area contributed by atoms with Crippen LogP contribution in [0.2, 0.25) is 5.02 Å². The van der Waals surface area contributed by atoms with E-state index in [0.717, 1.165) is 42.7 Å². The minimum absolute atomic E-state index is 0.0194. The molecule has 0 spiro atoms. The van der Waals surface area contributed by atoms with Crippen molar-refractivity contribution in [2.75, 3.05) is 30.4 Å². The molecule has 1 unspecified atom stereocenters. The standard InChI is InChI=1S/C30H33ClFN5O2/c1-30(2)18-27(35-29(39)34-20-5-7-26(32)25(31)17-20)23-16-19(4-6-24(23)30)28(38)36(3)21-10-14-37(15-11-21)22-8-12-33-13-9-22/h4-9,12-13,16-17,21,27H,10-11,14-15,18H2,1-3H3,(H2,34,35,39). The van der Waals surface area contributed by atoms with Crippen LogP contribution in [0.3, 0.4) is 0 Å². The van der Waals surface area contributed by atoms with E-state index in [-0.39, 0.29) is 28.4 Å². The third-order valence-corrected chi connectivity index (χ3v) is 8.25. The van der Waals surface area contributed by atoms with Crippen LogP contribution in [0.5, 0.6) is 0 Å². The summed E-state index contributed by atoms with van der Waals surface area (Å²) in [4.78, 5) is 34.6. The molecule has 2 heterocycles. The minimum atomic E-state index is -0.546. The molecule has 39 heavy (non-hydrogen) atoms. The van der Waals surface area contributed by atoms with Crippen molar-refractivity contribution in [1.82, 2.24) is 15.2 Å². The number of benzene rings is 2. The smallest absolute Gasteiger partial charge is 0.319 e. The fourth-order valence-electron chi connectivity index (χ4n) is 5.79. The number of carbonyl (C=O) groups is 2. The third-order valence-electron chi connectivity index (χ3n) is 7.96. The molecule has 1 fully saturated rings. The molecule has 1 atom stereocenters. The monoisotopic (exact) mass is 549 g/mol. The van der Waals surface area contributed by atoms with Crippen molar-refractivity contribution in [3.63, 3.8) is 0 Å². The van der Waals surface area contributed by atoms with Gasteiger partial charge in [0.1, 0.15) is 5.82 Å². The van der Waals surface area contributed by atoms with Gasteiger partial charge in [0.15, 0.2) is 0 Å². The maximum absolute atomic E-state index is 13.5. The van der Waals surface area contributed by atoms with E-state index in [0.29, 0.717) is 17.7 Å².